The molecule has 1 N–H and O–H groups in total. The number of unbranched alkanes of at least 4 members (excludes halogenated alkanes) is 1. The zero-order chi connectivity index (χ0) is 23.4. The molecule has 1 amide bonds. The topological polar surface area (TPSA) is 66.5 Å². The van der Waals surface area contributed by atoms with E-state index in [0.29, 0.717) is 40.7 Å². The number of rotatable bonds is 8. The number of nitrogens with one attached hydrogen (secondary N) is 1. The molecule has 33 heavy (non-hydrogen) atoms. The minimum absolute atomic E-state index is 0.107. The van der Waals surface area contributed by atoms with Gasteiger partial charge in [-0.25, -0.2) is 8.42 Å². The van der Waals surface area contributed by atoms with Crippen molar-refractivity contribution >= 4 is 45.0 Å². The van der Waals surface area contributed by atoms with Gasteiger partial charge in [-0.15, -0.1) is 0 Å². The molecule has 0 radical (unpaired) electrons. The van der Waals surface area contributed by atoms with Crippen molar-refractivity contribution in [2.24, 2.45) is 0 Å². The summed E-state index contributed by atoms with van der Waals surface area (Å²) in [6.45, 7) is 2.97. The van der Waals surface area contributed by atoms with Crippen molar-refractivity contribution in [3.05, 3.63) is 82.9 Å². The molecule has 0 atom stereocenters. The summed E-state index contributed by atoms with van der Waals surface area (Å²) >= 11 is 7.50. The number of amides is 1. The van der Waals surface area contributed by atoms with E-state index in [1.54, 1.807) is 18.2 Å². The third-order valence-corrected chi connectivity index (χ3v) is 8.58. The van der Waals surface area contributed by atoms with E-state index in [0.717, 1.165) is 23.3 Å². The quantitative estimate of drug-likeness (QED) is 0.398. The Morgan fingerprint density at radius 2 is 1.91 bits per heavy atom. The Labute approximate surface area is 204 Å². The van der Waals surface area contributed by atoms with Gasteiger partial charge in [0.2, 0.25) is 0 Å². The molecular weight excluding hydrogens is 476 g/mol. The summed E-state index contributed by atoms with van der Waals surface area (Å²) < 4.78 is 28.5. The second-order valence-corrected chi connectivity index (χ2v) is 11.2. The second kappa shape index (κ2) is 10.2. The van der Waals surface area contributed by atoms with Gasteiger partial charge in [-0.1, -0.05) is 61.0 Å². The fourth-order valence-electron chi connectivity index (χ4n) is 3.75. The SMILES string of the molecule is CCCCNC(=O)c1cc(S(=O)(=O)N2CCc3ccccc32)ccc1Sc1cccc(Cl)c1. The lowest BCUT2D eigenvalue weighted by Gasteiger charge is -2.20. The molecule has 0 aromatic heterocycles. The van der Waals surface area contributed by atoms with E-state index < -0.39 is 10.0 Å². The van der Waals surface area contributed by atoms with E-state index >= 15 is 0 Å². The van der Waals surface area contributed by atoms with Gasteiger partial charge in [0, 0.05) is 27.9 Å². The average Bonchev–Trinajstić information content (AvgIpc) is 3.24. The number of hydrogen-bond acceptors (Lipinski definition) is 4. The lowest BCUT2D eigenvalue weighted by Crippen LogP contribution is -2.30. The molecular formula is C25H25ClN2O3S2. The van der Waals surface area contributed by atoms with Crippen molar-refractivity contribution in [2.45, 2.75) is 40.9 Å². The van der Waals surface area contributed by atoms with Crippen molar-refractivity contribution in [3.8, 4) is 0 Å². The number of carbonyl (C=O) groups excluding carboxylic acids is 1. The Bertz CT molecular complexity index is 1280. The van der Waals surface area contributed by atoms with Crippen LogP contribution in [0.1, 0.15) is 35.7 Å². The standard InChI is InChI=1S/C25H25ClN2O3S2/c1-2-3-14-27-25(29)22-17-21(11-12-24(22)32-20-9-6-8-19(26)16-20)33(30,31)28-15-13-18-7-4-5-10-23(18)28/h4-12,16-17H,2-3,13-15H2,1H3,(H,27,29). The molecule has 4 rings (SSSR count). The first-order valence-corrected chi connectivity index (χ1v) is 13.5. The fourth-order valence-corrected chi connectivity index (χ4v) is 6.52. The van der Waals surface area contributed by atoms with Crippen LogP contribution in [0.5, 0.6) is 0 Å². The van der Waals surface area contributed by atoms with Crippen molar-refractivity contribution in [2.75, 3.05) is 17.4 Å². The van der Waals surface area contributed by atoms with Crippen molar-refractivity contribution < 1.29 is 13.2 Å². The summed E-state index contributed by atoms with van der Waals surface area (Å²) in [7, 11) is -3.81. The Kier molecular flexibility index (Phi) is 7.32. The number of sulfonamides is 1. The highest BCUT2D eigenvalue weighted by Crippen LogP contribution is 2.36. The Hall–Kier alpha value is -2.48. The van der Waals surface area contributed by atoms with Gasteiger partial charge in [0.25, 0.3) is 15.9 Å². The molecule has 0 unspecified atom stereocenters. The Balaban J connectivity index is 1.71. The molecule has 1 aliphatic heterocycles. The maximum Gasteiger partial charge on any atom is 0.264 e. The maximum atomic E-state index is 13.5. The van der Waals surface area contributed by atoms with E-state index in [1.807, 2.05) is 49.4 Å². The lowest BCUT2D eigenvalue weighted by atomic mass is 10.2. The summed E-state index contributed by atoms with van der Waals surface area (Å²) in [5.41, 5.74) is 2.04. The first-order chi connectivity index (χ1) is 15.9. The van der Waals surface area contributed by atoms with E-state index in [9.17, 15) is 13.2 Å². The highest BCUT2D eigenvalue weighted by molar-refractivity contribution is 7.99. The third kappa shape index (κ3) is 5.21. The molecule has 3 aromatic carbocycles. The van der Waals surface area contributed by atoms with Crippen LogP contribution in [0.15, 0.2) is 81.4 Å². The first kappa shape index (κ1) is 23.7. The van der Waals surface area contributed by atoms with Gasteiger partial charge in [0.05, 0.1) is 16.1 Å². The van der Waals surface area contributed by atoms with Gasteiger partial charge < -0.3 is 5.32 Å². The van der Waals surface area contributed by atoms with Crippen LogP contribution in [-0.4, -0.2) is 27.4 Å². The zero-order valence-electron chi connectivity index (χ0n) is 18.3. The van der Waals surface area contributed by atoms with Crippen LogP contribution in [0.2, 0.25) is 5.02 Å². The van der Waals surface area contributed by atoms with Crippen molar-refractivity contribution in [3.63, 3.8) is 0 Å². The number of hydrogen-bond donors (Lipinski definition) is 1. The van der Waals surface area contributed by atoms with E-state index in [1.165, 1.54) is 22.1 Å². The maximum absolute atomic E-state index is 13.5. The summed E-state index contributed by atoms with van der Waals surface area (Å²) in [6.07, 6.45) is 2.47. The van der Waals surface area contributed by atoms with Crippen LogP contribution in [0.25, 0.3) is 0 Å². The molecule has 0 bridgehead atoms. The number of halogens is 1. The van der Waals surface area contributed by atoms with Crippen LogP contribution < -0.4 is 9.62 Å². The second-order valence-electron chi connectivity index (χ2n) is 7.78. The van der Waals surface area contributed by atoms with Gasteiger partial charge in [0.15, 0.2) is 0 Å². The minimum atomic E-state index is -3.81. The number of para-hydroxylation sites is 1. The number of benzene rings is 3. The van der Waals surface area contributed by atoms with Crippen LogP contribution in [0.4, 0.5) is 5.69 Å². The smallest absolute Gasteiger partial charge is 0.264 e. The molecule has 0 saturated heterocycles. The summed E-state index contributed by atoms with van der Waals surface area (Å²) in [5.74, 6) is -0.285. The van der Waals surface area contributed by atoms with E-state index in [2.05, 4.69) is 5.32 Å². The van der Waals surface area contributed by atoms with Gasteiger partial charge >= 0.3 is 0 Å². The molecule has 172 valence electrons. The Morgan fingerprint density at radius 3 is 2.70 bits per heavy atom. The van der Waals surface area contributed by atoms with Crippen LogP contribution in [0, 0.1) is 0 Å². The average molecular weight is 501 g/mol. The van der Waals surface area contributed by atoms with E-state index in [4.69, 9.17) is 11.6 Å². The predicted molar refractivity (Wildman–Crippen MR) is 134 cm³/mol. The van der Waals surface area contributed by atoms with Crippen molar-refractivity contribution in [1.82, 2.24) is 5.32 Å². The summed E-state index contributed by atoms with van der Waals surface area (Å²) in [6, 6.07) is 19.6. The largest absolute Gasteiger partial charge is 0.352 e. The van der Waals surface area contributed by atoms with Gasteiger partial charge in [-0.3, -0.25) is 9.10 Å². The molecule has 3 aromatic rings. The number of anilines is 1. The molecule has 0 fully saturated rings. The third-order valence-electron chi connectivity index (χ3n) is 5.47. The predicted octanol–water partition coefficient (Wildman–Crippen LogP) is 5.77. The summed E-state index contributed by atoms with van der Waals surface area (Å²) in [5, 5.41) is 3.51. The van der Waals surface area contributed by atoms with Gasteiger partial charge in [0.1, 0.15) is 0 Å². The highest BCUT2D eigenvalue weighted by Gasteiger charge is 2.31. The number of fused-ring (bicyclic) bond motifs is 1. The first-order valence-electron chi connectivity index (χ1n) is 10.9. The van der Waals surface area contributed by atoms with Crippen LogP contribution >= 0.6 is 23.4 Å². The number of nitrogens with zero attached hydrogens (tertiary/aromatic N) is 1. The van der Waals surface area contributed by atoms with E-state index in [-0.39, 0.29) is 10.8 Å². The number of carbonyl (C=O) groups is 1. The molecule has 0 spiro atoms. The molecule has 8 heteroatoms. The Morgan fingerprint density at radius 1 is 1.09 bits per heavy atom. The highest BCUT2D eigenvalue weighted by atomic mass is 35.5. The molecule has 5 nitrogen and oxygen atoms in total. The van der Waals surface area contributed by atoms with Crippen LogP contribution in [-0.2, 0) is 16.4 Å². The molecule has 0 aliphatic carbocycles. The minimum Gasteiger partial charge on any atom is -0.352 e. The molecule has 1 heterocycles. The van der Waals surface area contributed by atoms with Gasteiger partial charge in [-0.05, 0) is 60.9 Å². The summed E-state index contributed by atoms with van der Waals surface area (Å²) in [4.78, 5) is 14.7. The lowest BCUT2D eigenvalue weighted by molar-refractivity contribution is 0.0950. The monoisotopic (exact) mass is 500 g/mol. The molecule has 1 aliphatic rings. The zero-order valence-corrected chi connectivity index (χ0v) is 20.6. The van der Waals surface area contributed by atoms with Crippen molar-refractivity contribution in [1.29, 1.82) is 0 Å². The van der Waals surface area contributed by atoms with Gasteiger partial charge in [-0.2, -0.15) is 0 Å². The van der Waals surface area contributed by atoms with Crippen LogP contribution in [0.3, 0.4) is 0 Å². The fraction of sp³-hybridized carbons (Fsp3) is 0.240. The molecule has 0 saturated carbocycles. The normalized spacial score (nSPS) is 13.1.